The van der Waals surface area contributed by atoms with Crippen LogP contribution in [0, 0.1) is 11.7 Å². The number of likely N-dealkylation sites (tertiary alicyclic amines) is 1. The van der Waals surface area contributed by atoms with Crippen molar-refractivity contribution in [3.63, 3.8) is 0 Å². The minimum atomic E-state index is -0.523. The predicted molar refractivity (Wildman–Crippen MR) is 70.8 cm³/mol. The van der Waals surface area contributed by atoms with Crippen LogP contribution in [0.3, 0.4) is 0 Å². The lowest BCUT2D eigenvalue weighted by Gasteiger charge is -2.17. The zero-order valence-electron chi connectivity index (χ0n) is 9.83. The number of hydrogen-bond acceptors (Lipinski definition) is 1. The molecule has 0 aromatic heterocycles. The maximum absolute atomic E-state index is 13.6. The van der Waals surface area contributed by atoms with E-state index >= 15 is 0 Å². The van der Waals surface area contributed by atoms with Gasteiger partial charge >= 0.3 is 0 Å². The van der Waals surface area contributed by atoms with Crippen LogP contribution in [0.5, 0.6) is 0 Å². The summed E-state index contributed by atoms with van der Waals surface area (Å²) in [5.41, 5.74) is 0.0500. The van der Waals surface area contributed by atoms with E-state index in [1.807, 2.05) is 0 Å². The highest BCUT2D eigenvalue weighted by Crippen LogP contribution is 2.23. The second-order valence-corrected chi connectivity index (χ2v) is 5.32. The van der Waals surface area contributed by atoms with Gasteiger partial charge in [0.1, 0.15) is 5.82 Å². The first-order valence-corrected chi connectivity index (χ1v) is 6.83. The summed E-state index contributed by atoms with van der Waals surface area (Å²) in [7, 11) is 0. The van der Waals surface area contributed by atoms with Crippen molar-refractivity contribution in [2.75, 3.05) is 19.0 Å². The highest BCUT2D eigenvalue weighted by molar-refractivity contribution is 6.31. The van der Waals surface area contributed by atoms with Crippen LogP contribution in [-0.4, -0.2) is 29.8 Å². The average molecular weight is 290 g/mol. The molecule has 1 unspecified atom stereocenters. The first-order valence-electron chi connectivity index (χ1n) is 5.92. The lowest BCUT2D eigenvalue weighted by Crippen LogP contribution is -2.29. The Kier molecular flexibility index (Phi) is 4.46. The molecule has 1 amide bonds. The molecule has 1 heterocycles. The topological polar surface area (TPSA) is 20.3 Å². The average Bonchev–Trinajstić information content (AvgIpc) is 2.80. The molecule has 0 N–H and O–H groups in total. The largest absolute Gasteiger partial charge is 0.338 e. The number of nitrogens with zero attached hydrogens (tertiary/aromatic N) is 1. The number of alkyl halides is 1. The molecule has 98 valence electrons. The van der Waals surface area contributed by atoms with E-state index in [-0.39, 0.29) is 11.5 Å². The summed E-state index contributed by atoms with van der Waals surface area (Å²) in [6, 6.07) is 4.05. The summed E-state index contributed by atoms with van der Waals surface area (Å²) in [4.78, 5) is 13.8. The Morgan fingerprint density at radius 1 is 1.50 bits per heavy atom. The van der Waals surface area contributed by atoms with E-state index in [4.69, 9.17) is 23.2 Å². The Morgan fingerprint density at radius 2 is 2.28 bits per heavy atom. The summed E-state index contributed by atoms with van der Waals surface area (Å²) in [5.74, 6) is 0.212. The minimum absolute atomic E-state index is 0.0500. The van der Waals surface area contributed by atoms with Crippen LogP contribution in [0.4, 0.5) is 4.39 Å². The molecule has 1 aliphatic rings. The van der Waals surface area contributed by atoms with Crippen molar-refractivity contribution in [2.24, 2.45) is 5.92 Å². The first-order chi connectivity index (χ1) is 8.61. The fourth-order valence-electron chi connectivity index (χ4n) is 2.24. The molecule has 5 heteroatoms. The van der Waals surface area contributed by atoms with Crippen LogP contribution < -0.4 is 0 Å². The van der Waals surface area contributed by atoms with Crippen molar-refractivity contribution in [1.29, 1.82) is 0 Å². The molecule has 2 nitrogen and oxygen atoms in total. The van der Waals surface area contributed by atoms with E-state index in [1.165, 1.54) is 18.2 Å². The van der Waals surface area contributed by atoms with Crippen molar-refractivity contribution in [2.45, 2.75) is 12.8 Å². The van der Waals surface area contributed by atoms with Gasteiger partial charge in [-0.15, -0.1) is 11.6 Å². The van der Waals surface area contributed by atoms with Crippen LogP contribution in [-0.2, 0) is 0 Å². The molecule has 1 saturated heterocycles. The molecule has 1 aromatic carbocycles. The molecule has 2 rings (SSSR count). The number of carbonyl (C=O) groups is 1. The summed E-state index contributed by atoms with van der Waals surface area (Å²) in [6.45, 7) is 1.31. The Labute approximate surface area is 116 Å². The second-order valence-electron chi connectivity index (χ2n) is 4.51. The molecule has 1 aliphatic heterocycles. The first kappa shape index (κ1) is 13.6. The quantitative estimate of drug-likeness (QED) is 0.779. The summed E-state index contributed by atoms with van der Waals surface area (Å²) in [6.07, 6.45) is 1.82. The lowest BCUT2D eigenvalue weighted by atomic mass is 10.1. The van der Waals surface area contributed by atoms with Gasteiger partial charge in [0.05, 0.1) is 5.56 Å². The smallest absolute Gasteiger partial charge is 0.256 e. The Hall–Kier alpha value is -0.800. The standard InChI is InChI=1S/C13H14Cl2FNO/c14-5-3-9-4-6-17(8-9)13(18)11-7-10(15)1-2-12(11)16/h1-2,7,9H,3-6,8H2. The molecular weight excluding hydrogens is 276 g/mol. The van der Waals surface area contributed by atoms with Gasteiger partial charge in [0.25, 0.3) is 5.91 Å². The monoisotopic (exact) mass is 289 g/mol. The molecule has 18 heavy (non-hydrogen) atoms. The number of carbonyl (C=O) groups excluding carboxylic acids is 1. The Bertz CT molecular complexity index is 453. The second kappa shape index (κ2) is 5.89. The van der Waals surface area contributed by atoms with E-state index < -0.39 is 5.82 Å². The fourth-order valence-corrected chi connectivity index (χ4v) is 2.72. The maximum Gasteiger partial charge on any atom is 0.256 e. The Morgan fingerprint density at radius 3 is 3.00 bits per heavy atom. The molecule has 1 fully saturated rings. The molecule has 0 saturated carbocycles. The van der Waals surface area contributed by atoms with Gasteiger partial charge in [-0.25, -0.2) is 4.39 Å². The molecule has 0 bridgehead atoms. The van der Waals surface area contributed by atoms with Gasteiger partial charge in [0.15, 0.2) is 0 Å². The minimum Gasteiger partial charge on any atom is -0.338 e. The third kappa shape index (κ3) is 2.96. The molecule has 0 spiro atoms. The van der Waals surface area contributed by atoms with Gasteiger partial charge in [-0.1, -0.05) is 11.6 Å². The van der Waals surface area contributed by atoms with Crippen molar-refractivity contribution in [3.8, 4) is 0 Å². The highest BCUT2D eigenvalue weighted by Gasteiger charge is 2.27. The predicted octanol–water partition coefficient (Wildman–Crippen LogP) is 3.57. The van der Waals surface area contributed by atoms with Gasteiger partial charge in [0.2, 0.25) is 0 Å². The van der Waals surface area contributed by atoms with E-state index in [9.17, 15) is 9.18 Å². The zero-order chi connectivity index (χ0) is 13.1. The third-order valence-corrected chi connectivity index (χ3v) is 3.70. The number of hydrogen-bond donors (Lipinski definition) is 0. The van der Waals surface area contributed by atoms with E-state index in [2.05, 4.69) is 0 Å². The van der Waals surface area contributed by atoms with Gasteiger partial charge in [-0.2, -0.15) is 0 Å². The van der Waals surface area contributed by atoms with Gasteiger partial charge in [-0.05, 0) is 37.0 Å². The van der Waals surface area contributed by atoms with Crippen LogP contribution in [0.25, 0.3) is 0 Å². The van der Waals surface area contributed by atoms with Gasteiger partial charge in [-0.3, -0.25) is 4.79 Å². The summed E-state index contributed by atoms with van der Waals surface area (Å²) < 4.78 is 13.6. The molecular formula is C13H14Cl2FNO. The zero-order valence-corrected chi connectivity index (χ0v) is 11.3. The number of halogens is 3. The van der Waals surface area contributed by atoms with Crippen molar-refractivity contribution < 1.29 is 9.18 Å². The normalized spacial score (nSPS) is 19.3. The third-order valence-electron chi connectivity index (χ3n) is 3.25. The number of rotatable bonds is 3. The van der Waals surface area contributed by atoms with Gasteiger partial charge < -0.3 is 4.90 Å². The Balaban J connectivity index is 2.10. The summed E-state index contributed by atoms with van der Waals surface area (Å²) >= 11 is 11.5. The summed E-state index contributed by atoms with van der Waals surface area (Å²) in [5, 5.41) is 0.372. The van der Waals surface area contributed by atoms with Crippen molar-refractivity contribution in [1.82, 2.24) is 4.90 Å². The van der Waals surface area contributed by atoms with Crippen LogP contribution >= 0.6 is 23.2 Å². The molecule has 0 aliphatic carbocycles. The molecule has 0 radical (unpaired) electrons. The van der Waals surface area contributed by atoms with Crippen molar-refractivity contribution >= 4 is 29.1 Å². The van der Waals surface area contributed by atoms with Gasteiger partial charge in [0, 0.05) is 24.0 Å². The van der Waals surface area contributed by atoms with Crippen molar-refractivity contribution in [3.05, 3.63) is 34.6 Å². The van der Waals surface area contributed by atoms with E-state index in [0.29, 0.717) is 29.9 Å². The van der Waals surface area contributed by atoms with Crippen LogP contribution in [0.15, 0.2) is 18.2 Å². The maximum atomic E-state index is 13.6. The van der Waals surface area contributed by atoms with Crippen LogP contribution in [0.1, 0.15) is 23.2 Å². The number of benzene rings is 1. The fraction of sp³-hybridized carbons (Fsp3) is 0.462. The van der Waals surface area contributed by atoms with Crippen LogP contribution in [0.2, 0.25) is 5.02 Å². The molecule has 1 atom stereocenters. The highest BCUT2D eigenvalue weighted by atomic mass is 35.5. The van der Waals surface area contributed by atoms with E-state index in [0.717, 1.165) is 12.8 Å². The SMILES string of the molecule is O=C(c1cc(Cl)ccc1F)N1CCC(CCCl)C1. The molecule has 1 aromatic rings. The lowest BCUT2D eigenvalue weighted by molar-refractivity contribution is 0.0782. The van der Waals surface area contributed by atoms with E-state index in [1.54, 1.807) is 4.90 Å². The number of amides is 1.